The van der Waals surface area contributed by atoms with Crippen molar-refractivity contribution in [2.45, 2.75) is 37.8 Å². The van der Waals surface area contributed by atoms with Crippen LogP contribution in [0.25, 0.3) is 0 Å². The normalized spacial score (nSPS) is 14.8. The Balaban J connectivity index is 1.62. The molecule has 30 heavy (non-hydrogen) atoms. The summed E-state index contributed by atoms with van der Waals surface area (Å²) in [6.07, 6.45) is 1.52. The summed E-state index contributed by atoms with van der Waals surface area (Å²) in [7, 11) is -3.74. The molecule has 0 unspecified atom stereocenters. The minimum atomic E-state index is -3.74. The van der Waals surface area contributed by atoms with Crippen molar-refractivity contribution in [2.75, 3.05) is 18.0 Å². The highest BCUT2D eigenvalue weighted by Crippen LogP contribution is 2.21. The van der Waals surface area contributed by atoms with Gasteiger partial charge in [0.2, 0.25) is 15.9 Å². The Hall–Kier alpha value is -2.91. The lowest BCUT2D eigenvalue weighted by molar-refractivity contribution is -0.117. The van der Waals surface area contributed by atoms with Gasteiger partial charge >= 0.3 is 0 Å². The molecular formula is C21H27N5O3S. The van der Waals surface area contributed by atoms with Gasteiger partial charge in [0.15, 0.2) is 5.96 Å². The maximum absolute atomic E-state index is 11.9. The third-order valence-electron chi connectivity index (χ3n) is 4.77. The van der Waals surface area contributed by atoms with Crippen molar-refractivity contribution in [3.63, 3.8) is 0 Å². The fraction of sp³-hybridized carbons (Fsp3) is 0.333. The van der Waals surface area contributed by atoms with E-state index in [2.05, 4.69) is 15.6 Å². The lowest BCUT2D eigenvalue weighted by Gasteiger charge is -2.16. The summed E-state index contributed by atoms with van der Waals surface area (Å²) in [5.41, 5.74) is 2.74. The number of sulfonamides is 1. The van der Waals surface area contributed by atoms with Crippen LogP contribution >= 0.6 is 0 Å². The summed E-state index contributed by atoms with van der Waals surface area (Å²) in [6, 6.07) is 14.4. The summed E-state index contributed by atoms with van der Waals surface area (Å²) in [4.78, 5) is 18.3. The summed E-state index contributed by atoms with van der Waals surface area (Å²) in [5.74, 6) is 0.797. The summed E-state index contributed by atoms with van der Waals surface area (Å²) in [6.45, 7) is 4.33. The van der Waals surface area contributed by atoms with E-state index in [9.17, 15) is 13.2 Å². The maximum atomic E-state index is 11.9. The van der Waals surface area contributed by atoms with Crippen LogP contribution in [0.15, 0.2) is 58.4 Å². The molecule has 160 valence electrons. The standard InChI is InChI=1S/C21H27N5O3S/c1-2-23-21(25-15-17-5-3-6-19(13-17)30(22,28)29)24-14-16-8-10-18(11-9-16)26-12-4-7-20(26)27/h3,5-6,8-11,13H,2,4,7,12,14-15H2,1H3,(H2,22,28,29)(H2,23,24,25). The number of amides is 1. The number of hydrogen-bond acceptors (Lipinski definition) is 4. The van der Waals surface area contributed by atoms with Crippen molar-refractivity contribution < 1.29 is 13.2 Å². The molecule has 0 bridgehead atoms. The monoisotopic (exact) mass is 429 g/mol. The Morgan fingerprint density at radius 3 is 2.53 bits per heavy atom. The molecule has 0 radical (unpaired) electrons. The van der Waals surface area contributed by atoms with Gasteiger partial charge in [0.05, 0.1) is 11.4 Å². The van der Waals surface area contributed by atoms with Crippen LogP contribution in [0.1, 0.15) is 30.9 Å². The zero-order chi connectivity index (χ0) is 21.6. The fourth-order valence-corrected chi connectivity index (χ4v) is 3.82. The van der Waals surface area contributed by atoms with E-state index in [4.69, 9.17) is 5.14 Å². The molecule has 9 heteroatoms. The lowest BCUT2D eigenvalue weighted by Crippen LogP contribution is -2.36. The Morgan fingerprint density at radius 2 is 1.90 bits per heavy atom. The highest BCUT2D eigenvalue weighted by atomic mass is 32.2. The van der Waals surface area contributed by atoms with Crippen LogP contribution < -0.4 is 20.7 Å². The molecule has 1 fully saturated rings. The quantitative estimate of drug-likeness (QED) is 0.458. The number of nitrogens with zero attached hydrogens (tertiary/aromatic N) is 2. The third-order valence-corrected chi connectivity index (χ3v) is 5.68. The first-order valence-corrected chi connectivity index (χ1v) is 11.4. The van der Waals surface area contributed by atoms with E-state index in [1.165, 1.54) is 12.1 Å². The van der Waals surface area contributed by atoms with Crippen LogP contribution in [0.2, 0.25) is 0 Å². The SMILES string of the molecule is CCNC(=NCc1cccc(S(N)(=O)=O)c1)NCc1ccc(N2CCCC2=O)cc1. The van der Waals surface area contributed by atoms with Crippen molar-refractivity contribution in [1.82, 2.24) is 10.6 Å². The number of primary sulfonamides is 1. The van der Waals surface area contributed by atoms with Gasteiger partial charge in [-0.25, -0.2) is 18.5 Å². The predicted octanol–water partition coefficient (Wildman–Crippen LogP) is 1.72. The van der Waals surface area contributed by atoms with E-state index in [0.29, 0.717) is 32.0 Å². The van der Waals surface area contributed by atoms with E-state index >= 15 is 0 Å². The van der Waals surface area contributed by atoms with Crippen LogP contribution in [0.3, 0.4) is 0 Å². The van der Waals surface area contributed by atoms with Gasteiger partial charge in [-0.3, -0.25) is 4.79 Å². The molecule has 2 aromatic rings. The number of carbonyl (C=O) groups excluding carboxylic acids is 1. The largest absolute Gasteiger partial charge is 0.357 e. The number of anilines is 1. The van der Waals surface area contributed by atoms with Crippen molar-refractivity contribution in [3.8, 4) is 0 Å². The van der Waals surface area contributed by atoms with Gasteiger partial charge in [-0.1, -0.05) is 24.3 Å². The molecule has 3 rings (SSSR count). The molecule has 8 nitrogen and oxygen atoms in total. The van der Waals surface area contributed by atoms with Crippen LogP contribution in [0.5, 0.6) is 0 Å². The van der Waals surface area contributed by atoms with Gasteiger partial charge in [-0.2, -0.15) is 0 Å². The summed E-state index contributed by atoms with van der Waals surface area (Å²) < 4.78 is 23.0. The summed E-state index contributed by atoms with van der Waals surface area (Å²) >= 11 is 0. The molecular weight excluding hydrogens is 402 g/mol. The molecule has 1 amide bonds. The Morgan fingerprint density at radius 1 is 1.13 bits per heavy atom. The second-order valence-corrected chi connectivity index (χ2v) is 8.62. The smallest absolute Gasteiger partial charge is 0.238 e. The Kier molecular flexibility index (Phi) is 7.07. The number of aliphatic imine (C=N–C) groups is 1. The highest BCUT2D eigenvalue weighted by molar-refractivity contribution is 7.89. The molecule has 0 aromatic heterocycles. The second kappa shape index (κ2) is 9.73. The van der Waals surface area contributed by atoms with Crippen molar-refractivity contribution in [3.05, 3.63) is 59.7 Å². The number of hydrogen-bond donors (Lipinski definition) is 3. The molecule has 0 atom stereocenters. The average Bonchev–Trinajstić information content (AvgIpc) is 3.16. The van der Waals surface area contributed by atoms with Crippen LogP contribution in [-0.4, -0.2) is 33.4 Å². The van der Waals surface area contributed by atoms with E-state index in [1.807, 2.05) is 36.1 Å². The predicted molar refractivity (Wildman–Crippen MR) is 117 cm³/mol. The first kappa shape index (κ1) is 21.8. The zero-order valence-electron chi connectivity index (χ0n) is 17.0. The highest BCUT2D eigenvalue weighted by Gasteiger charge is 2.21. The van der Waals surface area contributed by atoms with E-state index < -0.39 is 10.0 Å². The summed E-state index contributed by atoms with van der Waals surface area (Å²) in [5, 5.41) is 11.6. The molecule has 0 spiro atoms. The molecule has 0 saturated carbocycles. The van der Waals surface area contributed by atoms with Crippen LogP contribution in [0.4, 0.5) is 5.69 Å². The van der Waals surface area contributed by atoms with Crippen molar-refractivity contribution >= 4 is 27.6 Å². The topological polar surface area (TPSA) is 117 Å². The van der Waals surface area contributed by atoms with Crippen LogP contribution in [0, 0.1) is 0 Å². The van der Waals surface area contributed by atoms with E-state index in [0.717, 1.165) is 29.8 Å². The molecule has 2 aromatic carbocycles. The number of benzene rings is 2. The van der Waals surface area contributed by atoms with Crippen molar-refractivity contribution in [2.24, 2.45) is 10.1 Å². The van der Waals surface area contributed by atoms with Crippen LogP contribution in [-0.2, 0) is 27.9 Å². The minimum absolute atomic E-state index is 0.0738. The first-order chi connectivity index (χ1) is 14.4. The van der Waals surface area contributed by atoms with Gasteiger partial charge in [0, 0.05) is 31.7 Å². The van der Waals surface area contributed by atoms with Crippen molar-refractivity contribution in [1.29, 1.82) is 0 Å². The Labute approximate surface area is 177 Å². The minimum Gasteiger partial charge on any atom is -0.357 e. The lowest BCUT2D eigenvalue weighted by atomic mass is 10.2. The third kappa shape index (κ3) is 5.80. The fourth-order valence-electron chi connectivity index (χ4n) is 3.23. The maximum Gasteiger partial charge on any atom is 0.238 e. The zero-order valence-corrected chi connectivity index (χ0v) is 17.8. The first-order valence-electron chi connectivity index (χ1n) is 9.90. The number of rotatable bonds is 7. The van der Waals surface area contributed by atoms with Gasteiger partial charge in [-0.15, -0.1) is 0 Å². The molecule has 1 heterocycles. The van der Waals surface area contributed by atoms with E-state index in [1.54, 1.807) is 12.1 Å². The molecule has 0 aliphatic carbocycles. The van der Waals surface area contributed by atoms with Gasteiger partial charge in [-0.05, 0) is 48.7 Å². The second-order valence-electron chi connectivity index (χ2n) is 7.06. The molecule has 4 N–H and O–H groups in total. The van der Waals surface area contributed by atoms with Gasteiger partial charge in [0.1, 0.15) is 0 Å². The molecule has 1 aliphatic heterocycles. The number of guanidine groups is 1. The molecule has 1 saturated heterocycles. The molecule has 1 aliphatic rings. The Bertz CT molecular complexity index is 1020. The van der Waals surface area contributed by atoms with E-state index in [-0.39, 0.29) is 10.8 Å². The number of carbonyl (C=O) groups is 1. The number of nitrogens with two attached hydrogens (primary N) is 1. The number of nitrogens with one attached hydrogen (secondary N) is 2. The van der Waals surface area contributed by atoms with Gasteiger partial charge < -0.3 is 15.5 Å². The average molecular weight is 430 g/mol. The van der Waals surface area contributed by atoms with Gasteiger partial charge in [0.25, 0.3) is 0 Å².